The maximum Gasteiger partial charge on any atom is 0.0205 e. The standard InChI is InChI=1S/C16H24BrN/c1-11(2)18-12(3)15(16(18,4)5)10-13-6-8-14(17)9-7-13/h6-9,11-12,15H,10H2,1-5H3. The predicted octanol–water partition coefficient (Wildman–Crippen LogP) is 4.50. The Morgan fingerprint density at radius 1 is 1.22 bits per heavy atom. The second kappa shape index (κ2) is 4.97. The zero-order valence-corrected chi connectivity index (χ0v) is 13.7. The van der Waals surface area contributed by atoms with Crippen LogP contribution >= 0.6 is 15.9 Å². The van der Waals surface area contributed by atoms with Gasteiger partial charge in [-0.2, -0.15) is 0 Å². The second-order valence-corrected chi connectivity index (χ2v) is 7.25. The summed E-state index contributed by atoms with van der Waals surface area (Å²) in [4.78, 5) is 2.64. The molecule has 1 aromatic carbocycles. The van der Waals surface area contributed by atoms with Gasteiger partial charge < -0.3 is 0 Å². The molecule has 1 fully saturated rings. The Labute approximate surface area is 120 Å². The molecule has 1 saturated heterocycles. The fraction of sp³-hybridized carbons (Fsp3) is 0.625. The molecule has 1 aromatic rings. The van der Waals surface area contributed by atoms with Gasteiger partial charge in [-0.3, -0.25) is 4.90 Å². The summed E-state index contributed by atoms with van der Waals surface area (Å²) >= 11 is 3.50. The Hall–Kier alpha value is -0.340. The van der Waals surface area contributed by atoms with Gasteiger partial charge in [0.05, 0.1) is 0 Å². The Bertz CT molecular complexity index is 408. The molecule has 1 aliphatic heterocycles. The van der Waals surface area contributed by atoms with Gasteiger partial charge in [-0.1, -0.05) is 28.1 Å². The van der Waals surface area contributed by atoms with Crippen molar-refractivity contribution in [1.82, 2.24) is 4.90 Å². The first-order valence-corrected chi connectivity index (χ1v) is 7.66. The molecule has 100 valence electrons. The first kappa shape index (κ1) is 14.1. The first-order valence-electron chi connectivity index (χ1n) is 6.87. The van der Waals surface area contributed by atoms with Crippen molar-refractivity contribution in [2.75, 3.05) is 0 Å². The van der Waals surface area contributed by atoms with Gasteiger partial charge in [0.1, 0.15) is 0 Å². The fourth-order valence-electron chi connectivity index (χ4n) is 3.85. The lowest BCUT2D eigenvalue weighted by atomic mass is 9.67. The van der Waals surface area contributed by atoms with Crippen LogP contribution in [0.15, 0.2) is 28.7 Å². The highest BCUT2D eigenvalue weighted by Crippen LogP contribution is 2.45. The van der Waals surface area contributed by atoms with E-state index >= 15 is 0 Å². The second-order valence-electron chi connectivity index (χ2n) is 6.33. The summed E-state index contributed by atoms with van der Waals surface area (Å²) in [6.07, 6.45) is 1.19. The van der Waals surface area contributed by atoms with Crippen LogP contribution in [-0.2, 0) is 6.42 Å². The van der Waals surface area contributed by atoms with Crippen LogP contribution in [0.3, 0.4) is 0 Å². The molecule has 1 heterocycles. The van der Waals surface area contributed by atoms with E-state index in [0.29, 0.717) is 17.6 Å². The van der Waals surface area contributed by atoms with Crippen LogP contribution in [0.5, 0.6) is 0 Å². The Morgan fingerprint density at radius 2 is 1.78 bits per heavy atom. The van der Waals surface area contributed by atoms with Crippen molar-refractivity contribution >= 4 is 15.9 Å². The monoisotopic (exact) mass is 309 g/mol. The normalized spacial score (nSPS) is 27.3. The van der Waals surface area contributed by atoms with E-state index in [2.05, 4.69) is 79.7 Å². The first-order chi connectivity index (χ1) is 8.34. The van der Waals surface area contributed by atoms with Gasteiger partial charge in [-0.05, 0) is 64.7 Å². The van der Waals surface area contributed by atoms with Crippen molar-refractivity contribution in [1.29, 1.82) is 0 Å². The van der Waals surface area contributed by atoms with E-state index in [9.17, 15) is 0 Å². The van der Waals surface area contributed by atoms with Gasteiger partial charge in [0, 0.05) is 22.1 Å². The van der Waals surface area contributed by atoms with Gasteiger partial charge in [0.25, 0.3) is 0 Å². The van der Waals surface area contributed by atoms with Crippen molar-refractivity contribution in [3.63, 3.8) is 0 Å². The van der Waals surface area contributed by atoms with Crippen molar-refractivity contribution < 1.29 is 0 Å². The zero-order chi connectivity index (χ0) is 13.5. The zero-order valence-electron chi connectivity index (χ0n) is 12.1. The minimum Gasteiger partial charge on any atom is -0.292 e. The van der Waals surface area contributed by atoms with Crippen LogP contribution in [0.25, 0.3) is 0 Å². The Balaban J connectivity index is 2.09. The van der Waals surface area contributed by atoms with E-state index in [-0.39, 0.29) is 0 Å². The van der Waals surface area contributed by atoms with Gasteiger partial charge in [0.15, 0.2) is 0 Å². The molecule has 18 heavy (non-hydrogen) atoms. The molecule has 2 heteroatoms. The minimum atomic E-state index is 0.320. The van der Waals surface area contributed by atoms with Crippen LogP contribution in [-0.4, -0.2) is 22.5 Å². The molecule has 2 rings (SSSR count). The summed E-state index contributed by atoms with van der Waals surface area (Å²) in [5, 5.41) is 0. The molecule has 2 atom stereocenters. The molecule has 0 bridgehead atoms. The molecule has 0 aliphatic carbocycles. The fourth-order valence-corrected chi connectivity index (χ4v) is 4.11. The number of nitrogens with zero attached hydrogens (tertiary/aromatic N) is 1. The molecule has 0 aromatic heterocycles. The van der Waals surface area contributed by atoms with Crippen LogP contribution in [0.2, 0.25) is 0 Å². The SMILES string of the molecule is CC(C)N1C(C)C(Cc2ccc(Br)cc2)C1(C)C. The largest absolute Gasteiger partial charge is 0.292 e. The van der Waals surface area contributed by atoms with E-state index in [1.807, 2.05) is 0 Å². The molecule has 1 aliphatic rings. The molecule has 0 radical (unpaired) electrons. The summed E-state index contributed by atoms with van der Waals surface area (Å²) in [6.45, 7) is 11.7. The van der Waals surface area contributed by atoms with E-state index in [4.69, 9.17) is 0 Å². The van der Waals surface area contributed by atoms with Crippen LogP contribution < -0.4 is 0 Å². The molecule has 0 saturated carbocycles. The lowest BCUT2D eigenvalue weighted by Gasteiger charge is -2.63. The van der Waals surface area contributed by atoms with E-state index < -0.39 is 0 Å². The average Bonchev–Trinajstić information content (AvgIpc) is 2.27. The third-order valence-corrected chi connectivity index (χ3v) is 5.05. The lowest BCUT2D eigenvalue weighted by Crippen LogP contribution is -2.71. The summed E-state index contributed by atoms with van der Waals surface area (Å²) in [6, 6.07) is 10.1. The smallest absolute Gasteiger partial charge is 0.0205 e. The molecule has 2 unspecified atom stereocenters. The van der Waals surface area contributed by atoms with E-state index in [1.165, 1.54) is 12.0 Å². The summed E-state index contributed by atoms with van der Waals surface area (Å²) in [7, 11) is 0. The molecular formula is C16H24BrN. The van der Waals surface area contributed by atoms with Gasteiger partial charge in [-0.15, -0.1) is 0 Å². The van der Waals surface area contributed by atoms with Gasteiger partial charge in [0.2, 0.25) is 0 Å². The average molecular weight is 310 g/mol. The number of rotatable bonds is 3. The third kappa shape index (κ3) is 2.37. The highest BCUT2D eigenvalue weighted by molar-refractivity contribution is 9.10. The highest BCUT2D eigenvalue weighted by Gasteiger charge is 2.52. The van der Waals surface area contributed by atoms with Crippen LogP contribution in [0.1, 0.15) is 40.2 Å². The van der Waals surface area contributed by atoms with Gasteiger partial charge in [-0.25, -0.2) is 0 Å². The Kier molecular flexibility index (Phi) is 3.89. The summed E-state index contributed by atoms with van der Waals surface area (Å²) in [5.41, 5.74) is 1.77. The topological polar surface area (TPSA) is 3.24 Å². The molecular weight excluding hydrogens is 286 g/mol. The number of hydrogen-bond donors (Lipinski definition) is 0. The highest BCUT2D eigenvalue weighted by atomic mass is 79.9. The summed E-state index contributed by atoms with van der Waals surface area (Å²) in [5.74, 6) is 0.751. The summed E-state index contributed by atoms with van der Waals surface area (Å²) < 4.78 is 1.16. The van der Waals surface area contributed by atoms with Crippen molar-refractivity contribution in [2.45, 2.75) is 58.7 Å². The minimum absolute atomic E-state index is 0.320. The molecule has 0 amide bonds. The third-order valence-electron chi connectivity index (χ3n) is 4.52. The molecule has 0 spiro atoms. The number of hydrogen-bond acceptors (Lipinski definition) is 1. The van der Waals surface area contributed by atoms with Crippen molar-refractivity contribution in [3.8, 4) is 0 Å². The van der Waals surface area contributed by atoms with E-state index in [0.717, 1.165) is 10.4 Å². The van der Waals surface area contributed by atoms with Gasteiger partial charge >= 0.3 is 0 Å². The number of benzene rings is 1. The van der Waals surface area contributed by atoms with Crippen LogP contribution in [0, 0.1) is 5.92 Å². The Morgan fingerprint density at radius 3 is 2.22 bits per heavy atom. The van der Waals surface area contributed by atoms with Crippen molar-refractivity contribution in [2.24, 2.45) is 5.92 Å². The predicted molar refractivity (Wildman–Crippen MR) is 81.9 cm³/mol. The maximum atomic E-state index is 3.50. The quantitative estimate of drug-likeness (QED) is 0.794. The van der Waals surface area contributed by atoms with E-state index in [1.54, 1.807) is 0 Å². The lowest BCUT2D eigenvalue weighted by molar-refractivity contribution is -0.129. The molecule has 0 N–H and O–H groups in total. The number of halogens is 1. The molecule has 1 nitrogen and oxygen atoms in total. The maximum absolute atomic E-state index is 3.50. The van der Waals surface area contributed by atoms with Crippen LogP contribution in [0.4, 0.5) is 0 Å². The number of likely N-dealkylation sites (tertiary alicyclic amines) is 1. The van der Waals surface area contributed by atoms with Crippen molar-refractivity contribution in [3.05, 3.63) is 34.3 Å².